The van der Waals surface area contributed by atoms with Crippen molar-refractivity contribution in [3.05, 3.63) is 50.3 Å². The van der Waals surface area contributed by atoms with E-state index in [9.17, 15) is 0 Å². The zero-order valence-corrected chi connectivity index (χ0v) is 12.9. The molecule has 0 unspecified atom stereocenters. The molecule has 0 radical (unpaired) electrons. The molecule has 0 aliphatic carbocycles. The van der Waals surface area contributed by atoms with Gasteiger partial charge in [0.05, 0.1) is 11.0 Å². The Labute approximate surface area is 118 Å². The molecule has 2 nitrogen and oxygen atoms in total. The zero-order valence-electron chi connectivity index (χ0n) is 9.68. The molecule has 2 aromatic rings. The SMILES string of the molecule is Cc1ccc(C)c(NCc2cc(Br)c(Br)o2)c1. The maximum Gasteiger partial charge on any atom is 0.183 e. The Hall–Kier alpha value is -0.740. The Morgan fingerprint density at radius 2 is 1.94 bits per heavy atom. The molecule has 0 fully saturated rings. The number of furan rings is 1. The van der Waals surface area contributed by atoms with Crippen LogP contribution in [0.2, 0.25) is 0 Å². The second-order valence-corrected chi connectivity index (χ2v) is 5.58. The van der Waals surface area contributed by atoms with E-state index >= 15 is 0 Å². The number of aryl methyl sites for hydroxylation is 2. The van der Waals surface area contributed by atoms with Gasteiger partial charge in [-0.05, 0) is 69.0 Å². The Kier molecular flexibility index (Phi) is 3.94. The highest BCUT2D eigenvalue weighted by Crippen LogP contribution is 2.27. The quantitative estimate of drug-likeness (QED) is 0.831. The van der Waals surface area contributed by atoms with Crippen molar-refractivity contribution in [3.8, 4) is 0 Å². The molecule has 0 saturated carbocycles. The van der Waals surface area contributed by atoms with Gasteiger partial charge in [-0.25, -0.2) is 0 Å². The van der Waals surface area contributed by atoms with E-state index in [4.69, 9.17) is 4.42 Å². The molecule has 1 aromatic heterocycles. The second kappa shape index (κ2) is 5.27. The van der Waals surface area contributed by atoms with Crippen LogP contribution in [0.4, 0.5) is 5.69 Å². The van der Waals surface area contributed by atoms with Crippen molar-refractivity contribution in [2.75, 3.05) is 5.32 Å². The Bertz CT molecular complexity index is 515. The summed E-state index contributed by atoms with van der Waals surface area (Å²) in [4.78, 5) is 0. The third-order valence-electron chi connectivity index (χ3n) is 2.54. The molecular weight excluding hydrogens is 346 g/mol. The minimum absolute atomic E-state index is 0.675. The molecule has 0 bridgehead atoms. The highest BCUT2D eigenvalue weighted by molar-refractivity contribution is 9.13. The molecule has 0 aliphatic rings. The Morgan fingerprint density at radius 1 is 1.18 bits per heavy atom. The van der Waals surface area contributed by atoms with E-state index in [-0.39, 0.29) is 0 Å². The third kappa shape index (κ3) is 3.13. The van der Waals surface area contributed by atoms with Crippen molar-refractivity contribution in [2.45, 2.75) is 20.4 Å². The Balaban J connectivity index is 2.09. The molecule has 0 amide bonds. The van der Waals surface area contributed by atoms with Gasteiger partial charge in [-0.2, -0.15) is 0 Å². The van der Waals surface area contributed by atoms with Crippen LogP contribution >= 0.6 is 31.9 Å². The largest absolute Gasteiger partial charge is 0.451 e. The number of nitrogens with one attached hydrogen (secondary N) is 1. The number of hydrogen-bond acceptors (Lipinski definition) is 2. The minimum atomic E-state index is 0.675. The van der Waals surface area contributed by atoms with Crippen molar-refractivity contribution in [1.82, 2.24) is 0 Å². The summed E-state index contributed by atoms with van der Waals surface area (Å²) in [5.41, 5.74) is 3.63. The fraction of sp³-hybridized carbons (Fsp3) is 0.231. The molecule has 0 atom stereocenters. The average Bonchev–Trinajstić information content (AvgIpc) is 2.60. The number of anilines is 1. The lowest BCUT2D eigenvalue weighted by Crippen LogP contribution is -2.00. The van der Waals surface area contributed by atoms with Crippen LogP contribution in [0.25, 0.3) is 0 Å². The van der Waals surface area contributed by atoms with Crippen LogP contribution in [-0.2, 0) is 6.54 Å². The first-order chi connectivity index (χ1) is 8.06. The van der Waals surface area contributed by atoms with Crippen molar-refractivity contribution in [1.29, 1.82) is 0 Å². The molecule has 1 N–H and O–H groups in total. The molecule has 17 heavy (non-hydrogen) atoms. The summed E-state index contributed by atoms with van der Waals surface area (Å²) in [6.07, 6.45) is 0. The van der Waals surface area contributed by atoms with Crippen molar-refractivity contribution in [3.63, 3.8) is 0 Å². The van der Waals surface area contributed by atoms with Gasteiger partial charge in [0.2, 0.25) is 0 Å². The lowest BCUT2D eigenvalue weighted by atomic mass is 10.1. The zero-order chi connectivity index (χ0) is 12.4. The first-order valence-electron chi connectivity index (χ1n) is 5.31. The molecular formula is C13H13Br2NO. The topological polar surface area (TPSA) is 25.2 Å². The van der Waals surface area contributed by atoms with Gasteiger partial charge in [-0.15, -0.1) is 0 Å². The monoisotopic (exact) mass is 357 g/mol. The van der Waals surface area contributed by atoms with Gasteiger partial charge in [0.25, 0.3) is 0 Å². The molecule has 0 spiro atoms. The lowest BCUT2D eigenvalue weighted by molar-refractivity contribution is 0.494. The molecule has 0 saturated heterocycles. The van der Waals surface area contributed by atoms with Gasteiger partial charge in [0.15, 0.2) is 4.67 Å². The van der Waals surface area contributed by atoms with Crippen LogP contribution in [0.15, 0.2) is 37.8 Å². The number of benzene rings is 1. The van der Waals surface area contributed by atoms with Crippen LogP contribution in [0.3, 0.4) is 0 Å². The molecule has 4 heteroatoms. The standard InChI is InChI=1S/C13H13Br2NO/c1-8-3-4-9(2)12(5-8)16-7-10-6-11(14)13(15)17-10/h3-6,16H,7H2,1-2H3. The third-order valence-corrected chi connectivity index (χ3v) is 4.25. The number of hydrogen-bond donors (Lipinski definition) is 1. The van der Waals surface area contributed by atoms with Crippen molar-refractivity contribution >= 4 is 37.5 Å². The van der Waals surface area contributed by atoms with Crippen LogP contribution < -0.4 is 5.32 Å². The maximum atomic E-state index is 5.51. The first kappa shape index (κ1) is 12.7. The van der Waals surface area contributed by atoms with Gasteiger partial charge in [-0.3, -0.25) is 0 Å². The highest BCUT2D eigenvalue weighted by Gasteiger charge is 2.06. The summed E-state index contributed by atoms with van der Waals surface area (Å²) in [6.45, 7) is 4.86. The van der Waals surface area contributed by atoms with Crippen LogP contribution in [-0.4, -0.2) is 0 Å². The van der Waals surface area contributed by atoms with E-state index in [2.05, 4.69) is 69.2 Å². The molecule has 1 heterocycles. The minimum Gasteiger partial charge on any atom is -0.451 e. The Morgan fingerprint density at radius 3 is 2.59 bits per heavy atom. The van der Waals surface area contributed by atoms with E-state index in [1.165, 1.54) is 11.1 Å². The van der Waals surface area contributed by atoms with Gasteiger partial charge in [-0.1, -0.05) is 12.1 Å². The normalized spacial score (nSPS) is 10.6. The lowest BCUT2D eigenvalue weighted by Gasteiger charge is -2.08. The second-order valence-electron chi connectivity index (χ2n) is 4.01. The predicted octanol–water partition coefficient (Wildman–Crippen LogP) is 5.03. The van der Waals surface area contributed by atoms with E-state index < -0.39 is 0 Å². The van der Waals surface area contributed by atoms with Gasteiger partial charge in [0, 0.05) is 5.69 Å². The molecule has 2 rings (SSSR count). The average molecular weight is 359 g/mol. The maximum absolute atomic E-state index is 5.51. The van der Waals surface area contributed by atoms with Gasteiger partial charge < -0.3 is 9.73 Å². The summed E-state index contributed by atoms with van der Waals surface area (Å²) in [5.74, 6) is 0.893. The van der Waals surface area contributed by atoms with Crippen LogP contribution in [0, 0.1) is 13.8 Å². The predicted molar refractivity (Wildman–Crippen MR) is 77.4 cm³/mol. The van der Waals surface area contributed by atoms with Gasteiger partial charge in [0.1, 0.15) is 5.76 Å². The van der Waals surface area contributed by atoms with Crippen molar-refractivity contribution < 1.29 is 4.42 Å². The van der Waals surface area contributed by atoms with E-state index in [0.29, 0.717) is 6.54 Å². The van der Waals surface area contributed by atoms with Crippen molar-refractivity contribution in [2.24, 2.45) is 0 Å². The fourth-order valence-corrected chi connectivity index (χ4v) is 2.25. The molecule has 1 aromatic carbocycles. The summed E-state index contributed by atoms with van der Waals surface area (Å²) in [5, 5.41) is 3.38. The first-order valence-corrected chi connectivity index (χ1v) is 6.89. The summed E-state index contributed by atoms with van der Waals surface area (Å²) in [6, 6.07) is 8.33. The van der Waals surface area contributed by atoms with E-state index in [1.807, 2.05) is 6.07 Å². The van der Waals surface area contributed by atoms with E-state index in [1.54, 1.807) is 0 Å². The summed E-state index contributed by atoms with van der Waals surface area (Å²) >= 11 is 6.73. The summed E-state index contributed by atoms with van der Waals surface area (Å²) in [7, 11) is 0. The molecule has 90 valence electrons. The number of rotatable bonds is 3. The van der Waals surface area contributed by atoms with Gasteiger partial charge >= 0.3 is 0 Å². The summed E-state index contributed by atoms with van der Waals surface area (Å²) < 4.78 is 7.19. The van der Waals surface area contributed by atoms with Crippen LogP contribution in [0.1, 0.15) is 16.9 Å². The highest BCUT2D eigenvalue weighted by atomic mass is 79.9. The molecule has 0 aliphatic heterocycles. The fourth-order valence-electron chi connectivity index (χ4n) is 1.59. The number of halogens is 2. The van der Waals surface area contributed by atoms with E-state index in [0.717, 1.165) is 20.6 Å². The van der Waals surface area contributed by atoms with Crippen LogP contribution in [0.5, 0.6) is 0 Å². The smallest absolute Gasteiger partial charge is 0.183 e.